The Balaban J connectivity index is 0.000000146. The minimum atomic E-state index is 1.26. The van der Waals surface area contributed by atoms with Crippen molar-refractivity contribution in [3.8, 4) is 0 Å². The number of hydrogen-bond acceptors (Lipinski definition) is 2. The van der Waals surface area contributed by atoms with E-state index in [1.807, 2.05) is 36.7 Å². The molecule has 0 bridgehead atoms. The smallest absolute Gasteiger partial charge is 0.0299 e. The fraction of sp³-hybridized carbons (Fsp3) is 0.167. The molecule has 0 saturated heterocycles. The third kappa shape index (κ3) is 3.81. The van der Waals surface area contributed by atoms with Gasteiger partial charge in [0.15, 0.2) is 0 Å². The highest BCUT2D eigenvalue weighted by Gasteiger charge is 1.85. The van der Waals surface area contributed by atoms with Crippen LogP contribution in [0.4, 0.5) is 0 Å². The van der Waals surface area contributed by atoms with Gasteiger partial charge in [-0.2, -0.15) is 0 Å². The predicted molar refractivity (Wildman–Crippen MR) is 57.9 cm³/mol. The van der Waals surface area contributed by atoms with Crippen molar-refractivity contribution < 1.29 is 0 Å². The zero-order chi connectivity index (χ0) is 10.2. The average molecular weight is 186 g/mol. The zero-order valence-electron chi connectivity index (χ0n) is 8.51. The molecule has 0 atom stereocenters. The molecule has 2 heterocycles. The van der Waals surface area contributed by atoms with Crippen LogP contribution in [0.1, 0.15) is 11.1 Å². The first kappa shape index (κ1) is 10.4. The molecule has 14 heavy (non-hydrogen) atoms. The van der Waals surface area contributed by atoms with Gasteiger partial charge in [0, 0.05) is 24.8 Å². The van der Waals surface area contributed by atoms with E-state index >= 15 is 0 Å². The number of pyridine rings is 2. The molecule has 2 aromatic rings. The average Bonchev–Trinajstić information content (AvgIpc) is 2.26. The SMILES string of the molecule is Cc1ccncc1C.c1ccncc1. The highest BCUT2D eigenvalue weighted by Crippen LogP contribution is 2.00. The van der Waals surface area contributed by atoms with Gasteiger partial charge < -0.3 is 0 Å². The van der Waals surface area contributed by atoms with Gasteiger partial charge >= 0.3 is 0 Å². The molecule has 0 aliphatic carbocycles. The number of rotatable bonds is 0. The summed E-state index contributed by atoms with van der Waals surface area (Å²) >= 11 is 0. The molecule has 0 aromatic carbocycles. The van der Waals surface area contributed by atoms with Crippen molar-refractivity contribution in [1.82, 2.24) is 9.97 Å². The van der Waals surface area contributed by atoms with Crippen LogP contribution in [-0.4, -0.2) is 9.97 Å². The van der Waals surface area contributed by atoms with Crippen LogP contribution in [0.15, 0.2) is 49.1 Å². The van der Waals surface area contributed by atoms with Gasteiger partial charge in [-0.25, -0.2) is 0 Å². The maximum absolute atomic E-state index is 3.95. The fourth-order valence-corrected chi connectivity index (χ4v) is 0.856. The van der Waals surface area contributed by atoms with Crippen molar-refractivity contribution >= 4 is 0 Å². The highest BCUT2D eigenvalue weighted by atomic mass is 14.6. The second kappa shape index (κ2) is 5.86. The first-order valence-electron chi connectivity index (χ1n) is 4.53. The zero-order valence-corrected chi connectivity index (χ0v) is 8.51. The van der Waals surface area contributed by atoms with Gasteiger partial charge in [0.05, 0.1) is 0 Å². The van der Waals surface area contributed by atoms with Crippen LogP contribution in [-0.2, 0) is 0 Å². The number of aryl methyl sites for hydroxylation is 2. The molecule has 0 unspecified atom stereocenters. The number of aromatic nitrogens is 2. The molecule has 0 fully saturated rings. The predicted octanol–water partition coefficient (Wildman–Crippen LogP) is 2.78. The van der Waals surface area contributed by atoms with Crippen molar-refractivity contribution in [2.24, 2.45) is 0 Å². The minimum absolute atomic E-state index is 1.26. The highest BCUT2D eigenvalue weighted by molar-refractivity contribution is 5.18. The molecule has 0 aliphatic heterocycles. The van der Waals surface area contributed by atoms with Crippen molar-refractivity contribution in [3.63, 3.8) is 0 Å². The van der Waals surface area contributed by atoms with Crippen LogP contribution in [0.25, 0.3) is 0 Å². The third-order valence-electron chi connectivity index (χ3n) is 1.87. The molecule has 2 nitrogen and oxygen atoms in total. The van der Waals surface area contributed by atoms with E-state index < -0.39 is 0 Å². The van der Waals surface area contributed by atoms with Crippen LogP contribution in [0.2, 0.25) is 0 Å². The van der Waals surface area contributed by atoms with E-state index in [2.05, 4.69) is 23.8 Å². The molecule has 2 aromatic heterocycles. The molecule has 0 amide bonds. The van der Waals surface area contributed by atoms with Crippen LogP contribution < -0.4 is 0 Å². The van der Waals surface area contributed by atoms with Crippen LogP contribution in [0, 0.1) is 13.8 Å². The molecular weight excluding hydrogens is 172 g/mol. The summed E-state index contributed by atoms with van der Waals surface area (Å²) in [5.41, 5.74) is 2.56. The van der Waals surface area contributed by atoms with Crippen molar-refractivity contribution in [1.29, 1.82) is 0 Å². The lowest BCUT2D eigenvalue weighted by Crippen LogP contribution is -1.78. The van der Waals surface area contributed by atoms with Gasteiger partial charge in [-0.1, -0.05) is 6.07 Å². The summed E-state index contributed by atoms with van der Waals surface area (Å²) in [7, 11) is 0. The largest absolute Gasteiger partial charge is 0.265 e. The van der Waals surface area contributed by atoms with Crippen LogP contribution in [0.3, 0.4) is 0 Å². The Kier molecular flexibility index (Phi) is 4.35. The molecule has 2 rings (SSSR count). The summed E-state index contributed by atoms with van der Waals surface area (Å²) in [6.45, 7) is 4.14. The number of hydrogen-bond donors (Lipinski definition) is 0. The van der Waals surface area contributed by atoms with E-state index in [-0.39, 0.29) is 0 Å². The second-order valence-electron chi connectivity index (χ2n) is 2.98. The first-order valence-corrected chi connectivity index (χ1v) is 4.53. The van der Waals surface area contributed by atoms with Gasteiger partial charge in [-0.3, -0.25) is 9.97 Å². The van der Waals surface area contributed by atoms with Crippen molar-refractivity contribution in [2.75, 3.05) is 0 Å². The van der Waals surface area contributed by atoms with Gasteiger partial charge in [-0.05, 0) is 43.2 Å². The summed E-state index contributed by atoms with van der Waals surface area (Å²) in [5.74, 6) is 0. The van der Waals surface area contributed by atoms with Gasteiger partial charge in [-0.15, -0.1) is 0 Å². The lowest BCUT2D eigenvalue weighted by Gasteiger charge is -1.92. The maximum Gasteiger partial charge on any atom is 0.0299 e. The Morgan fingerprint density at radius 2 is 1.50 bits per heavy atom. The monoisotopic (exact) mass is 186 g/mol. The van der Waals surface area contributed by atoms with Crippen LogP contribution in [0.5, 0.6) is 0 Å². The standard InChI is InChI=1S/C7H9N.C5H5N/c1-6-3-4-8-5-7(6)2;1-2-4-6-5-3-1/h3-5H,1-2H3;1-5H. The summed E-state index contributed by atoms with van der Waals surface area (Å²) in [6, 6.07) is 7.72. The van der Waals surface area contributed by atoms with Crippen molar-refractivity contribution in [3.05, 3.63) is 60.2 Å². The molecular formula is C12H14N2. The van der Waals surface area contributed by atoms with E-state index in [0.717, 1.165) is 0 Å². The van der Waals surface area contributed by atoms with Gasteiger partial charge in [0.2, 0.25) is 0 Å². The Morgan fingerprint density at radius 1 is 0.786 bits per heavy atom. The van der Waals surface area contributed by atoms with Gasteiger partial charge in [0.25, 0.3) is 0 Å². The third-order valence-corrected chi connectivity index (χ3v) is 1.87. The Morgan fingerprint density at radius 3 is 1.79 bits per heavy atom. The Labute approximate surface area is 84.7 Å². The van der Waals surface area contributed by atoms with Crippen LogP contribution >= 0.6 is 0 Å². The maximum atomic E-state index is 3.95. The Hall–Kier alpha value is -1.70. The summed E-state index contributed by atoms with van der Waals surface area (Å²) in [6.07, 6.45) is 7.18. The number of nitrogens with zero attached hydrogens (tertiary/aromatic N) is 2. The molecule has 72 valence electrons. The molecule has 2 heteroatoms. The summed E-state index contributed by atoms with van der Waals surface area (Å²) in [5, 5.41) is 0. The molecule has 0 saturated carbocycles. The quantitative estimate of drug-likeness (QED) is 0.632. The fourth-order valence-electron chi connectivity index (χ4n) is 0.856. The molecule has 0 radical (unpaired) electrons. The lowest BCUT2D eigenvalue weighted by atomic mass is 10.2. The topological polar surface area (TPSA) is 25.8 Å². The molecule has 0 N–H and O–H groups in total. The van der Waals surface area contributed by atoms with E-state index in [4.69, 9.17) is 0 Å². The van der Waals surface area contributed by atoms with Gasteiger partial charge in [0.1, 0.15) is 0 Å². The molecule has 0 aliphatic rings. The van der Waals surface area contributed by atoms with E-state index in [0.29, 0.717) is 0 Å². The second-order valence-corrected chi connectivity index (χ2v) is 2.98. The minimum Gasteiger partial charge on any atom is -0.265 e. The first-order chi connectivity index (χ1) is 6.80. The molecule has 0 spiro atoms. The normalized spacial score (nSPS) is 8.71. The summed E-state index contributed by atoms with van der Waals surface area (Å²) in [4.78, 5) is 7.73. The Bertz CT molecular complexity index is 310. The van der Waals surface area contributed by atoms with E-state index in [9.17, 15) is 0 Å². The lowest BCUT2D eigenvalue weighted by molar-refractivity contribution is 1.22. The van der Waals surface area contributed by atoms with E-state index in [1.54, 1.807) is 12.4 Å². The van der Waals surface area contributed by atoms with E-state index in [1.165, 1.54) is 11.1 Å². The summed E-state index contributed by atoms with van der Waals surface area (Å²) < 4.78 is 0. The van der Waals surface area contributed by atoms with Crippen molar-refractivity contribution in [2.45, 2.75) is 13.8 Å².